The molecule has 0 saturated heterocycles. The predicted octanol–water partition coefficient (Wildman–Crippen LogP) is 0.546. The van der Waals surface area contributed by atoms with Gasteiger partial charge in [0.1, 0.15) is 5.56 Å². The molecular weight excluding hydrogens is 182 g/mol. The van der Waals surface area contributed by atoms with Crippen LogP contribution in [0.1, 0.15) is 10.4 Å². The van der Waals surface area contributed by atoms with E-state index in [0.717, 1.165) is 4.21 Å². The molecule has 6 heteroatoms. The van der Waals surface area contributed by atoms with E-state index in [4.69, 9.17) is 11.5 Å². The number of carbonyl (C=O) groups excluding carboxylic acids is 1. The Hall–Kier alpha value is -0.750. The van der Waals surface area contributed by atoms with Crippen LogP contribution in [0.4, 0.5) is 5.82 Å². The number of hydrogen-bond donors (Lipinski definition) is 2. The molecule has 0 atom stereocenters. The van der Waals surface area contributed by atoms with Gasteiger partial charge in [-0.15, -0.1) is 11.8 Å². The van der Waals surface area contributed by atoms with Crippen LogP contribution < -0.4 is 11.5 Å². The molecule has 0 radical (unpaired) electrons. The van der Waals surface area contributed by atoms with Gasteiger partial charge in [0.05, 0.1) is 4.21 Å². The highest BCUT2D eigenvalue weighted by atomic mass is 32.2. The van der Waals surface area contributed by atoms with Crippen LogP contribution >= 0.6 is 23.3 Å². The number of anilines is 1. The fourth-order valence-electron chi connectivity index (χ4n) is 0.653. The van der Waals surface area contributed by atoms with Gasteiger partial charge in [0, 0.05) is 0 Å². The third-order valence-electron chi connectivity index (χ3n) is 1.12. The summed E-state index contributed by atoms with van der Waals surface area (Å²) < 4.78 is 4.58. The van der Waals surface area contributed by atoms with Crippen molar-refractivity contribution in [2.45, 2.75) is 4.21 Å². The Balaban J connectivity index is 3.17. The molecule has 1 amide bonds. The minimum Gasteiger partial charge on any atom is -0.382 e. The smallest absolute Gasteiger partial charge is 0.254 e. The number of rotatable bonds is 2. The van der Waals surface area contributed by atoms with E-state index >= 15 is 0 Å². The lowest BCUT2D eigenvalue weighted by Crippen LogP contribution is -2.12. The molecule has 0 unspecified atom stereocenters. The molecule has 4 nitrogen and oxygen atoms in total. The number of hydrogen-bond acceptors (Lipinski definition) is 5. The molecule has 0 bridgehead atoms. The molecular formula is C5H7N3OS2. The van der Waals surface area contributed by atoms with Gasteiger partial charge in [-0.1, -0.05) is 0 Å². The maximum atomic E-state index is 10.8. The Bertz CT molecular complexity index is 283. The molecule has 1 heterocycles. The molecule has 0 aliphatic heterocycles. The number of nitrogens with two attached hydrogens (primary N) is 2. The lowest BCUT2D eigenvalue weighted by molar-refractivity contribution is 0.0999. The monoisotopic (exact) mass is 189 g/mol. The van der Waals surface area contributed by atoms with Crippen molar-refractivity contribution < 1.29 is 4.79 Å². The van der Waals surface area contributed by atoms with Gasteiger partial charge in [0.2, 0.25) is 0 Å². The maximum Gasteiger partial charge on any atom is 0.254 e. The van der Waals surface area contributed by atoms with Crippen LogP contribution in [0, 0.1) is 0 Å². The van der Waals surface area contributed by atoms with Gasteiger partial charge in [-0.25, -0.2) is 0 Å². The van der Waals surface area contributed by atoms with E-state index in [1.54, 1.807) is 0 Å². The number of nitrogens with zero attached hydrogens (tertiary/aromatic N) is 1. The highest BCUT2D eigenvalue weighted by molar-refractivity contribution is 8.00. The first kappa shape index (κ1) is 8.35. The van der Waals surface area contributed by atoms with Crippen molar-refractivity contribution in [1.82, 2.24) is 4.37 Å². The number of nitrogen functional groups attached to an aromatic ring is 1. The van der Waals surface area contributed by atoms with Crippen LogP contribution in [-0.4, -0.2) is 16.5 Å². The molecule has 0 saturated carbocycles. The van der Waals surface area contributed by atoms with E-state index in [9.17, 15) is 4.79 Å². The minimum absolute atomic E-state index is 0.229. The van der Waals surface area contributed by atoms with Crippen LogP contribution in [0.5, 0.6) is 0 Å². The first-order valence-electron chi connectivity index (χ1n) is 2.75. The average molecular weight is 189 g/mol. The molecule has 60 valence electrons. The van der Waals surface area contributed by atoms with Gasteiger partial charge in [0.15, 0.2) is 5.82 Å². The summed E-state index contributed by atoms with van der Waals surface area (Å²) in [6.45, 7) is 0. The first-order chi connectivity index (χ1) is 5.16. The van der Waals surface area contributed by atoms with E-state index in [0.29, 0.717) is 5.56 Å². The second kappa shape index (κ2) is 3.10. The molecule has 1 aromatic heterocycles. The Kier molecular flexibility index (Phi) is 2.35. The Morgan fingerprint density at radius 1 is 1.73 bits per heavy atom. The van der Waals surface area contributed by atoms with Crippen LogP contribution in [0.3, 0.4) is 0 Å². The normalized spacial score (nSPS) is 9.91. The molecule has 0 aromatic carbocycles. The summed E-state index contributed by atoms with van der Waals surface area (Å²) in [5, 5.41) is 0. The van der Waals surface area contributed by atoms with Crippen LogP contribution in [0.25, 0.3) is 0 Å². The second-order valence-electron chi connectivity index (χ2n) is 1.80. The molecule has 0 aliphatic rings. The van der Waals surface area contributed by atoms with Gasteiger partial charge >= 0.3 is 0 Å². The zero-order chi connectivity index (χ0) is 8.43. The minimum atomic E-state index is -0.513. The largest absolute Gasteiger partial charge is 0.382 e. The summed E-state index contributed by atoms with van der Waals surface area (Å²) >= 11 is 2.61. The summed E-state index contributed by atoms with van der Waals surface area (Å²) in [6, 6.07) is 0. The predicted molar refractivity (Wildman–Crippen MR) is 46.8 cm³/mol. The van der Waals surface area contributed by atoms with Gasteiger partial charge in [-0.3, -0.25) is 4.79 Å². The SMILES string of the molecule is CSc1snc(N)c1C(N)=O. The van der Waals surface area contributed by atoms with E-state index < -0.39 is 5.91 Å². The van der Waals surface area contributed by atoms with Gasteiger partial charge in [-0.2, -0.15) is 4.37 Å². The summed E-state index contributed by atoms with van der Waals surface area (Å²) in [4.78, 5) is 10.8. The maximum absolute atomic E-state index is 10.8. The summed E-state index contributed by atoms with van der Waals surface area (Å²) in [5.74, 6) is -0.285. The standard InChI is InChI=1S/C5H7N3OS2/c1-10-5-2(4(7)9)3(6)8-11-5/h1H3,(H2,6,8)(H2,7,9). The van der Waals surface area contributed by atoms with Gasteiger partial charge in [0.25, 0.3) is 5.91 Å². The third kappa shape index (κ3) is 1.46. The number of aromatic nitrogens is 1. The quantitative estimate of drug-likeness (QED) is 0.665. The molecule has 11 heavy (non-hydrogen) atoms. The fraction of sp³-hybridized carbons (Fsp3) is 0.200. The molecule has 4 N–H and O–H groups in total. The van der Waals surface area contributed by atoms with Crippen LogP contribution in [0.2, 0.25) is 0 Å². The topological polar surface area (TPSA) is 82.0 Å². The number of primary amides is 1. The van der Waals surface area contributed by atoms with Crippen molar-refractivity contribution in [2.24, 2.45) is 5.73 Å². The van der Waals surface area contributed by atoms with Gasteiger partial charge < -0.3 is 11.5 Å². The highest BCUT2D eigenvalue weighted by Crippen LogP contribution is 2.28. The Morgan fingerprint density at radius 2 is 2.36 bits per heavy atom. The van der Waals surface area contributed by atoms with E-state index in [2.05, 4.69) is 4.37 Å². The zero-order valence-electron chi connectivity index (χ0n) is 5.83. The van der Waals surface area contributed by atoms with Crippen molar-refractivity contribution in [3.63, 3.8) is 0 Å². The number of thioether (sulfide) groups is 1. The molecule has 0 spiro atoms. The molecule has 1 rings (SSSR count). The lowest BCUT2D eigenvalue weighted by atomic mass is 10.3. The Labute approximate surface area is 72.1 Å². The van der Waals surface area contributed by atoms with Crippen molar-refractivity contribution in [3.05, 3.63) is 5.56 Å². The van der Waals surface area contributed by atoms with Gasteiger partial charge in [-0.05, 0) is 17.8 Å². The number of amides is 1. The van der Waals surface area contributed by atoms with Crippen LogP contribution in [-0.2, 0) is 0 Å². The number of carbonyl (C=O) groups is 1. The highest BCUT2D eigenvalue weighted by Gasteiger charge is 2.14. The average Bonchev–Trinajstić information content (AvgIpc) is 2.30. The molecule has 1 aromatic rings. The van der Waals surface area contributed by atoms with Crippen molar-refractivity contribution in [1.29, 1.82) is 0 Å². The first-order valence-corrected chi connectivity index (χ1v) is 4.75. The van der Waals surface area contributed by atoms with Crippen molar-refractivity contribution >= 4 is 35.0 Å². The van der Waals surface area contributed by atoms with Crippen LogP contribution in [0.15, 0.2) is 4.21 Å². The second-order valence-corrected chi connectivity index (χ2v) is 3.65. The van der Waals surface area contributed by atoms with E-state index in [1.807, 2.05) is 6.26 Å². The molecule has 0 fully saturated rings. The molecule has 0 aliphatic carbocycles. The third-order valence-corrected chi connectivity index (χ3v) is 3.08. The fourth-order valence-corrected chi connectivity index (χ4v) is 2.04. The van der Waals surface area contributed by atoms with E-state index in [-0.39, 0.29) is 5.82 Å². The summed E-state index contributed by atoms with van der Waals surface area (Å²) in [6.07, 6.45) is 1.85. The summed E-state index contributed by atoms with van der Waals surface area (Å²) in [7, 11) is 0. The van der Waals surface area contributed by atoms with Crippen molar-refractivity contribution in [2.75, 3.05) is 12.0 Å². The van der Waals surface area contributed by atoms with E-state index in [1.165, 1.54) is 23.3 Å². The van der Waals surface area contributed by atoms with Crippen molar-refractivity contribution in [3.8, 4) is 0 Å². The summed E-state index contributed by atoms with van der Waals surface area (Å²) in [5.41, 5.74) is 10.8. The Morgan fingerprint density at radius 3 is 2.73 bits per heavy atom. The lowest BCUT2D eigenvalue weighted by Gasteiger charge is -1.93. The zero-order valence-corrected chi connectivity index (χ0v) is 7.46.